The van der Waals surface area contributed by atoms with Gasteiger partial charge >= 0.3 is 0 Å². The topological polar surface area (TPSA) is 119 Å². The number of rotatable bonds is 7. The van der Waals surface area contributed by atoms with Crippen LogP contribution < -0.4 is 15.2 Å². The highest BCUT2D eigenvalue weighted by molar-refractivity contribution is 7.89. The molecule has 30 heavy (non-hydrogen) atoms. The first kappa shape index (κ1) is 22.5. The molecule has 1 fully saturated rings. The molecular formula is C20H27N3O5S2. The van der Waals surface area contributed by atoms with Gasteiger partial charge in [0.25, 0.3) is 0 Å². The van der Waals surface area contributed by atoms with Gasteiger partial charge in [-0.3, -0.25) is 0 Å². The van der Waals surface area contributed by atoms with Crippen molar-refractivity contribution in [2.24, 2.45) is 0 Å². The van der Waals surface area contributed by atoms with E-state index in [2.05, 4.69) is 4.72 Å². The van der Waals surface area contributed by atoms with Crippen molar-refractivity contribution in [3.63, 3.8) is 0 Å². The third-order valence-corrected chi connectivity index (χ3v) is 8.34. The van der Waals surface area contributed by atoms with E-state index in [0.29, 0.717) is 36.4 Å². The second kappa shape index (κ2) is 9.34. The summed E-state index contributed by atoms with van der Waals surface area (Å²) in [5.41, 5.74) is 6.79. The third-order valence-electron chi connectivity index (χ3n) is 5.08. The number of anilines is 1. The van der Waals surface area contributed by atoms with Crippen molar-refractivity contribution >= 4 is 25.7 Å². The lowest BCUT2D eigenvalue weighted by Gasteiger charge is -2.24. The Kier molecular flexibility index (Phi) is 7.02. The van der Waals surface area contributed by atoms with Crippen LogP contribution in [-0.4, -0.2) is 47.4 Å². The summed E-state index contributed by atoms with van der Waals surface area (Å²) in [5, 5.41) is 0. The highest BCUT2D eigenvalue weighted by atomic mass is 32.2. The first-order valence-corrected chi connectivity index (χ1v) is 12.8. The van der Waals surface area contributed by atoms with E-state index in [1.54, 1.807) is 36.4 Å². The number of sulfonamides is 2. The number of hydrogen-bond donors (Lipinski definition) is 2. The number of para-hydroxylation sites is 1. The van der Waals surface area contributed by atoms with Crippen molar-refractivity contribution in [1.82, 2.24) is 9.03 Å². The molecule has 0 aliphatic carbocycles. The molecule has 1 atom stereocenters. The average molecular weight is 454 g/mol. The summed E-state index contributed by atoms with van der Waals surface area (Å²) in [6, 6.07) is 12.5. The van der Waals surface area contributed by atoms with Crippen LogP contribution in [-0.2, 0) is 25.8 Å². The maximum Gasteiger partial charge on any atom is 0.243 e. The van der Waals surface area contributed by atoms with E-state index in [4.69, 9.17) is 10.5 Å². The van der Waals surface area contributed by atoms with Crippen LogP contribution in [0.1, 0.15) is 24.8 Å². The maximum absolute atomic E-state index is 13.1. The van der Waals surface area contributed by atoms with Crippen LogP contribution in [0.15, 0.2) is 53.4 Å². The van der Waals surface area contributed by atoms with Gasteiger partial charge in [0, 0.05) is 24.8 Å². The molecular weight excluding hydrogens is 426 g/mol. The molecule has 0 aromatic heterocycles. The first-order chi connectivity index (χ1) is 14.2. The van der Waals surface area contributed by atoms with E-state index >= 15 is 0 Å². The molecule has 3 rings (SSSR count). The van der Waals surface area contributed by atoms with Gasteiger partial charge in [-0.15, -0.1) is 0 Å². The molecule has 0 saturated carbocycles. The van der Waals surface area contributed by atoms with Crippen molar-refractivity contribution in [3.05, 3.63) is 54.1 Å². The van der Waals surface area contributed by atoms with Crippen molar-refractivity contribution in [1.29, 1.82) is 0 Å². The SMILES string of the molecule is COc1ccc(S(=O)(=O)N2CCCCC(NS(=O)(=O)Cc3ccccc3N)C2)cc1. The van der Waals surface area contributed by atoms with E-state index in [0.717, 1.165) is 6.42 Å². The molecule has 164 valence electrons. The summed E-state index contributed by atoms with van der Waals surface area (Å²) in [6.45, 7) is 0.427. The smallest absolute Gasteiger partial charge is 0.243 e. The summed E-state index contributed by atoms with van der Waals surface area (Å²) < 4.78 is 60.6. The van der Waals surface area contributed by atoms with E-state index in [1.165, 1.54) is 23.5 Å². The minimum atomic E-state index is -3.74. The number of hydrogen-bond acceptors (Lipinski definition) is 6. The molecule has 0 spiro atoms. The number of nitrogens with zero attached hydrogens (tertiary/aromatic N) is 1. The Morgan fingerprint density at radius 1 is 1.07 bits per heavy atom. The van der Waals surface area contributed by atoms with Crippen LogP contribution in [0.4, 0.5) is 5.69 Å². The Morgan fingerprint density at radius 3 is 2.43 bits per heavy atom. The molecule has 1 aliphatic heterocycles. The molecule has 1 unspecified atom stereocenters. The zero-order valence-electron chi connectivity index (χ0n) is 16.8. The Balaban J connectivity index is 1.74. The van der Waals surface area contributed by atoms with Gasteiger partial charge in [0.15, 0.2) is 0 Å². The van der Waals surface area contributed by atoms with Crippen molar-refractivity contribution < 1.29 is 21.6 Å². The summed E-state index contributed by atoms with van der Waals surface area (Å²) in [5.74, 6) is 0.317. The van der Waals surface area contributed by atoms with Crippen LogP contribution in [0.5, 0.6) is 5.75 Å². The second-order valence-corrected chi connectivity index (χ2v) is 11.0. The van der Waals surface area contributed by atoms with E-state index in [-0.39, 0.29) is 17.2 Å². The molecule has 0 radical (unpaired) electrons. The van der Waals surface area contributed by atoms with Crippen molar-refractivity contribution in [2.75, 3.05) is 25.9 Å². The summed E-state index contributed by atoms with van der Waals surface area (Å²) >= 11 is 0. The fourth-order valence-electron chi connectivity index (χ4n) is 3.48. The number of nitrogens with two attached hydrogens (primary N) is 1. The Bertz CT molecular complexity index is 1070. The largest absolute Gasteiger partial charge is 0.497 e. The van der Waals surface area contributed by atoms with Crippen molar-refractivity contribution in [3.8, 4) is 5.75 Å². The van der Waals surface area contributed by atoms with Gasteiger partial charge in [-0.25, -0.2) is 21.6 Å². The molecule has 1 heterocycles. The summed E-state index contributed by atoms with van der Waals surface area (Å²) in [7, 11) is -5.91. The number of ether oxygens (including phenoxy) is 1. The van der Waals surface area contributed by atoms with E-state index in [9.17, 15) is 16.8 Å². The van der Waals surface area contributed by atoms with Gasteiger partial charge in [-0.1, -0.05) is 24.6 Å². The molecule has 1 aliphatic rings. The Labute approximate surface area is 178 Å². The van der Waals surface area contributed by atoms with Gasteiger partial charge in [0.05, 0.1) is 17.8 Å². The number of benzene rings is 2. The monoisotopic (exact) mass is 453 g/mol. The minimum Gasteiger partial charge on any atom is -0.497 e. The lowest BCUT2D eigenvalue weighted by Crippen LogP contribution is -2.44. The quantitative estimate of drug-likeness (QED) is 0.619. The van der Waals surface area contributed by atoms with Crippen LogP contribution >= 0.6 is 0 Å². The minimum absolute atomic E-state index is 0.0812. The lowest BCUT2D eigenvalue weighted by molar-refractivity contribution is 0.393. The third kappa shape index (κ3) is 5.51. The Morgan fingerprint density at radius 2 is 1.77 bits per heavy atom. The van der Waals surface area contributed by atoms with Crippen LogP contribution in [0.3, 0.4) is 0 Å². The number of nitrogens with one attached hydrogen (secondary N) is 1. The van der Waals surface area contributed by atoms with Gasteiger partial charge in [0.1, 0.15) is 5.75 Å². The van der Waals surface area contributed by atoms with Gasteiger partial charge in [-0.05, 0) is 48.7 Å². The second-order valence-electron chi connectivity index (χ2n) is 7.31. The van der Waals surface area contributed by atoms with Crippen LogP contribution in [0, 0.1) is 0 Å². The van der Waals surface area contributed by atoms with Gasteiger partial charge < -0.3 is 10.5 Å². The van der Waals surface area contributed by atoms with Gasteiger partial charge in [-0.2, -0.15) is 4.31 Å². The van der Waals surface area contributed by atoms with E-state index in [1.807, 2.05) is 0 Å². The zero-order chi connectivity index (χ0) is 21.8. The summed E-state index contributed by atoms with van der Waals surface area (Å²) in [4.78, 5) is 0.156. The first-order valence-electron chi connectivity index (χ1n) is 9.69. The molecule has 2 aromatic carbocycles. The predicted molar refractivity (Wildman–Crippen MR) is 116 cm³/mol. The number of nitrogen functional groups attached to an aromatic ring is 1. The number of methoxy groups -OCH3 is 1. The molecule has 0 amide bonds. The standard InChI is InChI=1S/C20H27N3O5S2/c1-28-18-9-11-19(12-10-18)30(26,27)23-13-5-4-7-17(14-23)22-29(24,25)15-16-6-2-3-8-20(16)21/h2-3,6,8-12,17,22H,4-5,7,13-15,21H2,1H3. The highest BCUT2D eigenvalue weighted by Crippen LogP contribution is 2.23. The predicted octanol–water partition coefficient (Wildman–Crippen LogP) is 1.94. The van der Waals surface area contributed by atoms with Gasteiger partial charge in [0.2, 0.25) is 20.0 Å². The van der Waals surface area contributed by atoms with Crippen LogP contribution in [0.25, 0.3) is 0 Å². The van der Waals surface area contributed by atoms with Crippen molar-refractivity contribution in [2.45, 2.75) is 36.0 Å². The molecule has 10 heteroatoms. The fraction of sp³-hybridized carbons (Fsp3) is 0.400. The van der Waals surface area contributed by atoms with E-state index < -0.39 is 26.1 Å². The molecule has 0 bridgehead atoms. The maximum atomic E-state index is 13.1. The average Bonchev–Trinajstić information content (AvgIpc) is 2.95. The summed E-state index contributed by atoms with van der Waals surface area (Å²) in [6.07, 6.45) is 1.96. The van der Waals surface area contributed by atoms with Crippen LogP contribution in [0.2, 0.25) is 0 Å². The zero-order valence-corrected chi connectivity index (χ0v) is 18.5. The lowest BCUT2D eigenvalue weighted by atomic mass is 10.2. The highest BCUT2D eigenvalue weighted by Gasteiger charge is 2.31. The molecule has 2 aromatic rings. The molecule has 1 saturated heterocycles. The molecule has 8 nitrogen and oxygen atoms in total. The molecule has 3 N–H and O–H groups in total. The fourth-order valence-corrected chi connectivity index (χ4v) is 6.46. The normalized spacial score (nSPS) is 18.6. The Hall–Kier alpha value is -2.14.